The van der Waals surface area contributed by atoms with Gasteiger partial charge in [-0.1, -0.05) is 0 Å². The molecule has 0 atom stereocenters. The van der Waals surface area contributed by atoms with Crippen LogP contribution in [0.4, 0.5) is 23.6 Å². The van der Waals surface area contributed by atoms with E-state index < -0.39 is 50.2 Å². The number of halogens is 4. The van der Waals surface area contributed by atoms with Gasteiger partial charge in [-0.25, -0.2) is 21.9 Å². The summed E-state index contributed by atoms with van der Waals surface area (Å²) in [6, 6.07) is 7.10. The Hall–Kier alpha value is -3.41. The molecular formula is C19H14F4N2O5S. The molecule has 3 rings (SSSR count). The predicted molar refractivity (Wildman–Crippen MR) is 100 cm³/mol. The molecule has 0 radical (unpaired) electrons. The fourth-order valence-corrected chi connectivity index (χ4v) is 3.63. The average molecular weight is 458 g/mol. The number of oxazole rings is 1. The van der Waals surface area contributed by atoms with Crippen molar-refractivity contribution in [3.8, 4) is 11.3 Å². The van der Waals surface area contributed by atoms with Crippen molar-refractivity contribution in [2.75, 3.05) is 18.5 Å². The van der Waals surface area contributed by atoms with E-state index in [1.165, 1.54) is 12.1 Å². The number of sulfonamides is 1. The minimum Gasteiger partial charge on any atom is -0.463 e. The van der Waals surface area contributed by atoms with Crippen LogP contribution in [0.2, 0.25) is 0 Å². The summed E-state index contributed by atoms with van der Waals surface area (Å²) in [6.07, 6.45) is -4.63. The van der Waals surface area contributed by atoms with Crippen molar-refractivity contribution in [3.63, 3.8) is 0 Å². The number of carbonyl (C=O) groups is 1. The smallest absolute Gasteiger partial charge is 0.416 e. The van der Waals surface area contributed by atoms with Crippen molar-refractivity contribution >= 4 is 22.0 Å². The number of nitrogens with zero attached hydrogens (tertiary/aromatic N) is 2. The highest BCUT2D eigenvalue weighted by molar-refractivity contribution is 7.92. The second-order valence-electron chi connectivity index (χ2n) is 6.17. The van der Waals surface area contributed by atoms with Crippen molar-refractivity contribution in [3.05, 3.63) is 65.7 Å². The van der Waals surface area contributed by atoms with E-state index in [-0.39, 0.29) is 11.3 Å². The predicted octanol–water partition coefficient (Wildman–Crippen LogP) is 4.11. The van der Waals surface area contributed by atoms with Gasteiger partial charge >= 0.3 is 18.2 Å². The summed E-state index contributed by atoms with van der Waals surface area (Å²) in [5.41, 5.74) is -0.870. The number of hydrogen-bond acceptors (Lipinski definition) is 6. The highest BCUT2D eigenvalue weighted by Gasteiger charge is 2.33. The molecule has 0 bridgehead atoms. The van der Waals surface area contributed by atoms with Crippen LogP contribution in [0.5, 0.6) is 0 Å². The summed E-state index contributed by atoms with van der Waals surface area (Å²) in [4.78, 5) is 15.6. The van der Waals surface area contributed by atoms with E-state index in [1.807, 2.05) is 0 Å². The van der Waals surface area contributed by atoms with E-state index >= 15 is 0 Å². The normalized spacial score (nSPS) is 11.9. The van der Waals surface area contributed by atoms with E-state index in [4.69, 9.17) is 4.42 Å². The highest BCUT2D eigenvalue weighted by atomic mass is 32.2. The summed E-state index contributed by atoms with van der Waals surface area (Å²) in [5, 5.41) is 0. The van der Waals surface area contributed by atoms with Crippen molar-refractivity contribution in [1.29, 1.82) is 0 Å². The number of carbonyl (C=O) groups excluding carboxylic acids is 1. The zero-order valence-corrected chi connectivity index (χ0v) is 16.8. The lowest BCUT2D eigenvalue weighted by atomic mass is 10.1. The Kier molecular flexibility index (Phi) is 5.77. The van der Waals surface area contributed by atoms with E-state index in [1.54, 1.807) is 0 Å². The van der Waals surface area contributed by atoms with Crippen LogP contribution < -0.4 is 4.31 Å². The molecule has 3 aromatic rings. The van der Waals surface area contributed by atoms with Gasteiger partial charge in [0.1, 0.15) is 11.5 Å². The third-order valence-corrected chi connectivity index (χ3v) is 5.96. The third kappa shape index (κ3) is 4.38. The molecule has 7 nitrogen and oxygen atoms in total. The van der Waals surface area contributed by atoms with E-state index in [9.17, 15) is 30.8 Å². The summed E-state index contributed by atoms with van der Waals surface area (Å²) >= 11 is 0. The lowest BCUT2D eigenvalue weighted by Gasteiger charge is -2.15. The minimum absolute atomic E-state index is 0.101. The maximum absolute atomic E-state index is 13.2. The molecule has 0 spiro atoms. The molecule has 12 heteroatoms. The molecule has 0 aliphatic rings. The van der Waals surface area contributed by atoms with Crippen LogP contribution in [0.15, 0.2) is 57.8 Å². The van der Waals surface area contributed by atoms with Gasteiger partial charge in [0.15, 0.2) is 0 Å². The fourth-order valence-electron chi connectivity index (χ4n) is 2.55. The van der Waals surface area contributed by atoms with Gasteiger partial charge in [-0.05, 0) is 48.5 Å². The number of methoxy groups -OCH3 is 1. The number of alkyl halides is 3. The van der Waals surface area contributed by atoms with Crippen LogP contribution in [0, 0.1) is 5.82 Å². The Balaban J connectivity index is 2.03. The molecule has 2 aromatic carbocycles. The number of ether oxygens (including phenoxy) is 1. The number of rotatable bonds is 5. The molecule has 0 N–H and O–H groups in total. The molecule has 164 valence electrons. The average Bonchev–Trinajstić information content (AvgIpc) is 3.18. The van der Waals surface area contributed by atoms with Crippen molar-refractivity contribution in [2.45, 2.75) is 11.1 Å². The van der Waals surface area contributed by atoms with Crippen LogP contribution in [0.3, 0.4) is 0 Å². The van der Waals surface area contributed by atoms with E-state index in [0.717, 1.165) is 38.4 Å². The maximum atomic E-state index is 13.2. The van der Waals surface area contributed by atoms with Gasteiger partial charge < -0.3 is 9.15 Å². The van der Waals surface area contributed by atoms with Crippen LogP contribution in [-0.2, 0) is 20.9 Å². The number of anilines is 1. The zero-order valence-electron chi connectivity index (χ0n) is 16.0. The Labute approximate surface area is 173 Å². The summed E-state index contributed by atoms with van der Waals surface area (Å²) < 4.78 is 87.5. The maximum Gasteiger partial charge on any atom is 0.416 e. The number of benzene rings is 2. The molecule has 0 aliphatic heterocycles. The number of esters is 1. The first kappa shape index (κ1) is 22.3. The quantitative estimate of drug-likeness (QED) is 0.422. The molecule has 0 aliphatic carbocycles. The van der Waals surface area contributed by atoms with Gasteiger partial charge in [0, 0.05) is 12.6 Å². The van der Waals surface area contributed by atoms with E-state index in [2.05, 4.69) is 9.72 Å². The van der Waals surface area contributed by atoms with Crippen molar-refractivity contribution in [2.24, 2.45) is 0 Å². The molecule has 0 amide bonds. The third-order valence-electron chi connectivity index (χ3n) is 4.21. The Morgan fingerprint density at radius 3 is 2.16 bits per heavy atom. The Morgan fingerprint density at radius 1 is 1.06 bits per heavy atom. The molecular weight excluding hydrogens is 444 g/mol. The summed E-state index contributed by atoms with van der Waals surface area (Å²) in [5.74, 6) is -1.94. The lowest BCUT2D eigenvalue weighted by molar-refractivity contribution is -0.137. The first-order valence-electron chi connectivity index (χ1n) is 8.46. The van der Waals surface area contributed by atoms with Gasteiger partial charge in [-0.2, -0.15) is 18.2 Å². The first-order valence-corrected chi connectivity index (χ1v) is 9.90. The van der Waals surface area contributed by atoms with E-state index in [0.29, 0.717) is 16.4 Å². The van der Waals surface area contributed by atoms with Crippen molar-refractivity contribution < 1.29 is 39.9 Å². The molecule has 0 saturated carbocycles. The van der Waals surface area contributed by atoms with Gasteiger partial charge in [0.05, 0.1) is 17.6 Å². The molecule has 1 aromatic heterocycles. The topological polar surface area (TPSA) is 89.7 Å². The van der Waals surface area contributed by atoms with Gasteiger partial charge in [-0.15, -0.1) is 0 Å². The second-order valence-corrected chi connectivity index (χ2v) is 8.14. The Bertz CT molecular complexity index is 1200. The Morgan fingerprint density at radius 2 is 1.65 bits per heavy atom. The highest BCUT2D eigenvalue weighted by Crippen LogP contribution is 2.32. The van der Waals surface area contributed by atoms with Gasteiger partial charge in [0.25, 0.3) is 10.0 Å². The zero-order chi connectivity index (χ0) is 23.0. The molecule has 1 heterocycles. The minimum atomic E-state index is -4.63. The standard InChI is InChI=1S/C19H14F4N2O5S/c1-25(31(27,28)14-9-5-12(6-10-14)19(21,22)23)18-24-15(16(30-18)17(26)29-2)11-3-7-13(20)8-4-11/h3-10H,1-2H3. The fraction of sp³-hybridized carbons (Fsp3) is 0.158. The van der Waals surface area contributed by atoms with Crippen LogP contribution in [0.25, 0.3) is 11.3 Å². The number of aromatic nitrogens is 1. The molecule has 31 heavy (non-hydrogen) atoms. The molecule has 0 saturated heterocycles. The van der Waals surface area contributed by atoms with Crippen LogP contribution in [0.1, 0.15) is 16.1 Å². The SMILES string of the molecule is COC(=O)c1oc(N(C)S(=O)(=O)c2ccc(C(F)(F)F)cc2)nc1-c1ccc(F)cc1. The molecule has 0 fully saturated rings. The van der Waals surface area contributed by atoms with Crippen LogP contribution in [-0.4, -0.2) is 33.5 Å². The van der Waals surface area contributed by atoms with Crippen molar-refractivity contribution in [1.82, 2.24) is 4.98 Å². The largest absolute Gasteiger partial charge is 0.463 e. The number of hydrogen-bond donors (Lipinski definition) is 0. The van der Waals surface area contributed by atoms with Gasteiger partial charge in [-0.3, -0.25) is 0 Å². The summed E-state index contributed by atoms with van der Waals surface area (Å²) in [6.45, 7) is 0. The van der Waals surface area contributed by atoms with Gasteiger partial charge in [0.2, 0.25) is 5.76 Å². The second kappa shape index (κ2) is 8.02. The summed E-state index contributed by atoms with van der Waals surface area (Å²) in [7, 11) is -2.26. The monoisotopic (exact) mass is 458 g/mol. The lowest BCUT2D eigenvalue weighted by Crippen LogP contribution is -2.27. The van der Waals surface area contributed by atoms with Crippen LogP contribution >= 0.6 is 0 Å². The first-order chi connectivity index (χ1) is 14.4. The molecule has 0 unspecified atom stereocenters.